The van der Waals surface area contributed by atoms with Gasteiger partial charge in [-0.3, -0.25) is 14.4 Å². The predicted octanol–water partition coefficient (Wildman–Crippen LogP) is 14.4. The van der Waals surface area contributed by atoms with E-state index in [1.165, 1.54) is 51.0 Å². The van der Waals surface area contributed by atoms with Crippen molar-refractivity contribution in [2.75, 3.05) is 66.3 Å². The first-order valence-electron chi connectivity index (χ1n) is 29.9. The molecule has 0 radical (unpaired) electrons. The van der Waals surface area contributed by atoms with Crippen LogP contribution in [0.1, 0.15) is 220 Å². The van der Waals surface area contributed by atoms with Gasteiger partial charge in [-0.25, -0.2) is 9.59 Å². The summed E-state index contributed by atoms with van der Waals surface area (Å²) in [5.74, 6) is 1.71. The molecular formula is C64H94O15. The van der Waals surface area contributed by atoms with Gasteiger partial charge >= 0.3 is 29.8 Å². The van der Waals surface area contributed by atoms with Gasteiger partial charge in [-0.15, -0.1) is 0 Å². The third kappa shape index (κ3) is 30.5. The van der Waals surface area contributed by atoms with Crippen molar-refractivity contribution in [3.63, 3.8) is 0 Å². The molecule has 0 N–H and O–H groups in total. The standard InChI is InChI=1S/C64H94O15/c1-4-6-40-70-50-71-41-15-7-8-22-48-78-64(69)59-49-58(36-37-60(59)75-45-19-12-9-16-42-72-51(3)65)74-44-18-11-14-21-47-77-62(67)39-38-61(66)76-46-20-13-10-17-43-73-56-32-30-55(31-33-56)63(68)79-57-34-28-54(29-35-57)53-26-24-52(23-5-2)25-27-53/h28-37,49,52-53H,4-27,38-48,50H2,1-3H3. The molecule has 0 atom stereocenters. The molecule has 0 aliphatic heterocycles. The van der Waals surface area contributed by atoms with Crippen LogP contribution in [0.15, 0.2) is 66.7 Å². The van der Waals surface area contributed by atoms with Crippen LogP contribution in [0, 0.1) is 5.92 Å². The summed E-state index contributed by atoms with van der Waals surface area (Å²) in [4.78, 5) is 61.5. The Kier molecular flexibility index (Phi) is 35.2. The van der Waals surface area contributed by atoms with Crippen LogP contribution in [0.2, 0.25) is 0 Å². The third-order valence-corrected chi connectivity index (χ3v) is 13.9. The molecule has 4 rings (SSSR count). The second-order valence-electron chi connectivity index (χ2n) is 20.6. The van der Waals surface area contributed by atoms with Crippen molar-refractivity contribution >= 4 is 29.8 Å². The summed E-state index contributed by atoms with van der Waals surface area (Å²) < 4.78 is 55.8. The lowest BCUT2D eigenvalue weighted by Crippen LogP contribution is -2.13. The maximum absolute atomic E-state index is 13.3. The molecule has 3 aromatic carbocycles. The van der Waals surface area contributed by atoms with E-state index < -0.39 is 23.9 Å². The van der Waals surface area contributed by atoms with Crippen LogP contribution in [0.3, 0.4) is 0 Å². The first-order chi connectivity index (χ1) is 38.6. The molecule has 440 valence electrons. The van der Waals surface area contributed by atoms with Crippen LogP contribution in [0.4, 0.5) is 0 Å². The number of unbranched alkanes of at least 4 members (excludes halogenated alkanes) is 13. The molecule has 3 aromatic rings. The van der Waals surface area contributed by atoms with Gasteiger partial charge in [0.25, 0.3) is 0 Å². The summed E-state index contributed by atoms with van der Waals surface area (Å²) in [7, 11) is 0. The van der Waals surface area contributed by atoms with E-state index in [0.29, 0.717) is 99.5 Å². The number of esters is 5. The van der Waals surface area contributed by atoms with Gasteiger partial charge in [0.15, 0.2) is 0 Å². The molecular weight excluding hydrogens is 1010 g/mol. The quantitative estimate of drug-likeness (QED) is 0.0171. The van der Waals surface area contributed by atoms with Crippen molar-refractivity contribution in [1.82, 2.24) is 0 Å². The Morgan fingerprint density at radius 1 is 0.443 bits per heavy atom. The summed E-state index contributed by atoms with van der Waals surface area (Å²) in [6.07, 6.45) is 23.1. The summed E-state index contributed by atoms with van der Waals surface area (Å²) >= 11 is 0. The number of hydrogen-bond donors (Lipinski definition) is 0. The third-order valence-electron chi connectivity index (χ3n) is 13.9. The number of rotatable bonds is 45. The van der Waals surface area contributed by atoms with Crippen LogP contribution < -0.4 is 18.9 Å². The van der Waals surface area contributed by atoms with Gasteiger partial charge in [0.1, 0.15) is 35.4 Å². The molecule has 0 amide bonds. The molecule has 0 aromatic heterocycles. The van der Waals surface area contributed by atoms with Gasteiger partial charge in [0.2, 0.25) is 0 Å². The molecule has 0 saturated heterocycles. The lowest BCUT2D eigenvalue weighted by molar-refractivity contribution is -0.150. The number of ether oxygens (including phenoxy) is 10. The fraction of sp³-hybridized carbons (Fsp3) is 0.641. The molecule has 0 unspecified atom stereocenters. The summed E-state index contributed by atoms with van der Waals surface area (Å²) in [5.41, 5.74) is 2.11. The van der Waals surface area contributed by atoms with Crippen molar-refractivity contribution in [3.8, 4) is 23.0 Å². The zero-order valence-electron chi connectivity index (χ0n) is 48.1. The fourth-order valence-corrected chi connectivity index (χ4v) is 9.24. The normalized spacial score (nSPS) is 14.0. The van der Waals surface area contributed by atoms with Crippen molar-refractivity contribution in [2.45, 2.75) is 194 Å². The average molecular weight is 1100 g/mol. The van der Waals surface area contributed by atoms with Crippen LogP contribution in [0.5, 0.6) is 23.0 Å². The van der Waals surface area contributed by atoms with Crippen LogP contribution in [0.25, 0.3) is 0 Å². The van der Waals surface area contributed by atoms with E-state index in [4.69, 9.17) is 47.4 Å². The van der Waals surface area contributed by atoms with Crippen LogP contribution >= 0.6 is 0 Å². The van der Waals surface area contributed by atoms with E-state index in [1.807, 2.05) is 12.1 Å². The van der Waals surface area contributed by atoms with Gasteiger partial charge in [-0.1, -0.05) is 51.7 Å². The predicted molar refractivity (Wildman–Crippen MR) is 304 cm³/mol. The molecule has 0 bridgehead atoms. The lowest BCUT2D eigenvalue weighted by atomic mass is 9.77. The molecule has 1 fully saturated rings. The van der Waals surface area contributed by atoms with E-state index in [1.54, 1.807) is 42.5 Å². The zero-order chi connectivity index (χ0) is 56.4. The molecule has 79 heavy (non-hydrogen) atoms. The molecule has 0 spiro atoms. The number of carbonyl (C=O) groups is 5. The van der Waals surface area contributed by atoms with E-state index in [0.717, 1.165) is 122 Å². The maximum Gasteiger partial charge on any atom is 0.343 e. The molecule has 0 heterocycles. The largest absolute Gasteiger partial charge is 0.494 e. The van der Waals surface area contributed by atoms with Gasteiger partial charge in [0, 0.05) is 20.1 Å². The number of hydrogen-bond acceptors (Lipinski definition) is 15. The number of benzene rings is 3. The van der Waals surface area contributed by atoms with Crippen molar-refractivity contribution in [2.24, 2.45) is 5.92 Å². The molecule has 1 saturated carbocycles. The maximum atomic E-state index is 13.3. The molecule has 15 nitrogen and oxygen atoms in total. The zero-order valence-corrected chi connectivity index (χ0v) is 48.1. The molecule has 1 aliphatic rings. The Balaban J connectivity index is 0.986. The first-order valence-corrected chi connectivity index (χ1v) is 29.9. The SMILES string of the molecule is CCCCOCOCCCCCCOC(=O)c1cc(OCCCCCCOC(=O)CCC(=O)OCCCCCCOc2ccc(C(=O)Oc3ccc(C4CCC(CCC)CC4)cc3)cc2)ccc1OCCCCCCOC(C)=O. The van der Waals surface area contributed by atoms with Crippen molar-refractivity contribution in [1.29, 1.82) is 0 Å². The Labute approximate surface area is 471 Å². The van der Waals surface area contributed by atoms with E-state index in [2.05, 4.69) is 26.0 Å². The van der Waals surface area contributed by atoms with Crippen molar-refractivity contribution in [3.05, 3.63) is 83.4 Å². The van der Waals surface area contributed by atoms with Crippen LogP contribution in [-0.2, 0) is 42.8 Å². The average Bonchev–Trinajstić information content (AvgIpc) is 3.46. The second kappa shape index (κ2) is 42.2. The second-order valence-corrected chi connectivity index (χ2v) is 20.6. The van der Waals surface area contributed by atoms with Gasteiger partial charge in [-0.05, 0) is 200 Å². The van der Waals surface area contributed by atoms with E-state index >= 15 is 0 Å². The Bertz CT molecular complexity index is 2120. The van der Waals surface area contributed by atoms with Crippen LogP contribution in [-0.4, -0.2) is 96.1 Å². The van der Waals surface area contributed by atoms with E-state index in [9.17, 15) is 24.0 Å². The number of carbonyl (C=O) groups excluding carboxylic acids is 5. The highest BCUT2D eigenvalue weighted by Crippen LogP contribution is 2.38. The summed E-state index contributed by atoms with van der Waals surface area (Å²) in [6.45, 7) is 10.2. The Morgan fingerprint density at radius 3 is 1.48 bits per heavy atom. The Morgan fingerprint density at radius 2 is 0.924 bits per heavy atom. The monoisotopic (exact) mass is 1100 g/mol. The minimum atomic E-state index is -0.458. The highest BCUT2D eigenvalue weighted by Gasteiger charge is 2.22. The van der Waals surface area contributed by atoms with Gasteiger partial charge in [0.05, 0.1) is 64.7 Å². The molecule has 15 heteroatoms. The minimum Gasteiger partial charge on any atom is -0.494 e. The van der Waals surface area contributed by atoms with E-state index in [-0.39, 0.29) is 25.4 Å². The summed E-state index contributed by atoms with van der Waals surface area (Å²) in [6, 6.07) is 20.2. The molecule has 1 aliphatic carbocycles. The summed E-state index contributed by atoms with van der Waals surface area (Å²) in [5, 5.41) is 0. The fourth-order valence-electron chi connectivity index (χ4n) is 9.24. The smallest absolute Gasteiger partial charge is 0.343 e. The first kappa shape index (κ1) is 65.8. The van der Waals surface area contributed by atoms with Gasteiger partial charge in [-0.2, -0.15) is 0 Å². The lowest BCUT2D eigenvalue weighted by Gasteiger charge is -2.28. The topological polar surface area (TPSA) is 178 Å². The highest BCUT2D eigenvalue weighted by atomic mass is 16.7. The van der Waals surface area contributed by atoms with Gasteiger partial charge < -0.3 is 47.4 Å². The minimum absolute atomic E-state index is 0.0211. The Hall–Kier alpha value is -5.67. The highest BCUT2D eigenvalue weighted by molar-refractivity contribution is 5.93. The van der Waals surface area contributed by atoms with Crippen molar-refractivity contribution < 1.29 is 71.3 Å².